The molecule has 7 heteroatoms. The van der Waals surface area contributed by atoms with E-state index in [2.05, 4.69) is 15.5 Å². The SMILES string of the molecule is CC(N)CC(=O)NC(C)c1nc(-c2cccc(F)c2)no1. The molecule has 112 valence electrons. The third-order valence-corrected chi connectivity index (χ3v) is 2.78. The van der Waals surface area contributed by atoms with Crippen LogP contribution in [0.1, 0.15) is 32.2 Å². The molecular weight excluding hydrogens is 275 g/mol. The second-order valence-electron chi connectivity index (χ2n) is 4.94. The van der Waals surface area contributed by atoms with Gasteiger partial charge in [0.15, 0.2) is 0 Å². The van der Waals surface area contributed by atoms with Gasteiger partial charge in [0, 0.05) is 18.0 Å². The van der Waals surface area contributed by atoms with Crippen LogP contribution in [0.15, 0.2) is 28.8 Å². The fourth-order valence-corrected chi connectivity index (χ4v) is 1.81. The predicted molar refractivity (Wildman–Crippen MR) is 74.5 cm³/mol. The molecule has 0 aliphatic heterocycles. The van der Waals surface area contributed by atoms with Gasteiger partial charge in [-0.1, -0.05) is 17.3 Å². The van der Waals surface area contributed by atoms with Crippen molar-refractivity contribution in [2.24, 2.45) is 5.73 Å². The van der Waals surface area contributed by atoms with E-state index < -0.39 is 6.04 Å². The van der Waals surface area contributed by atoms with E-state index in [1.54, 1.807) is 26.0 Å². The number of nitrogens with zero attached hydrogens (tertiary/aromatic N) is 2. The maximum Gasteiger partial charge on any atom is 0.249 e. The van der Waals surface area contributed by atoms with E-state index in [1.807, 2.05) is 0 Å². The Balaban J connectivity index is 2.07. The molecule has 21 heavy (non-hydrogen) atoms. The molecule has 1 heterocycles. The van der Waals surface area contributed by atoms with Crippen LogP contribution < -0.4 is 11.1 Å². The van der Waals surface area contributed by atoms with Crippen LogP contribution in [0.3, 0.4) is 0 Å². The van der Waals surface area contributed by atoms with E-state index in [4.69, 9.17) is 10.3 Å². The minimum absolute atomic E-state index is 0.192. The Morgan fingerprint density at radius 1 is 1.48 bits per heavy atom. The summed E-state index contributed by atoms with van der Waals surface area (Å²) >= 11 is 0. The molecule has 0 aliphatic carbocycles. The summed E-state index contributed by atoms with van der Waals surface area (Å²) < 4.78 is 18.3. The Labute approximate surface area is 121 Å². The van der Waals surface area contributed by atoms with E-state index >= 15 is 0 Å². The summed E-state index contributed by atoms with van der Waals surface area (Å²) in [6.45, 7) is 3.47. The van der Waals surface area contributed by atoms with Crippen LogP contribution in [-0.2, 0) is 4.79 Å². The maximum atomic E-state index is 13.2. The lowest BCUT2D eigenvalue weighted by Gasteiger charge is -2.10. The highest BCUT2D eigenvalue weighted by atomic mass is 19.1. The van der Waals surface area contributed by atoms with Crippen molar-refractivity contribution >= 4 is 5.91 Å². The van der Waals surface area contributed by atoms with Crippen LogP contribution in [0, 0.1) is 5.82 Å². The minimum atomic E-state index is -0.439. The maximum absolute atomic E-state index is 13.2. The van der Waals surface area contributed by atoms with Crippen LogP contribution in [0.2, 0.25) is 0 Å². The number of carbonyl (C=O) groups is 1. The number of amides is 1. The number of rotatable bonds is 5. The Kier molecular flexibility index (Phi) is 4.64. The highest BCUT2D eigenvalue weighted by Crippen LogP contribution is 2.19. The predicted octanol–water partition coefficient (Wildman–Crippen LogP) is 1.79. The molecule has 0 bridgehead atoms. The van der Waals surface area contributed by atoms with E-state index in [-0.39, 0.29) is 35.9 Å². The van der Waals surface area contributed by atoms with Crippen molar-refractivity contribution in [1.82, 2.24) is 15.5 Å². The number of carbonyl (C=O) groups excluding carboxylic acids is 1. The molecule has 2 unspecified atom stereocenters. The van der Waals surface area contributed by atoms with Gasteiger partial charge in [-0.15, -0.1) is 0 Å². The van der Waals surface area contributed by atoms with Gasteiger partial charge in [-0.25, -0.2) is 4.39 Å². The fourth-order valence-electron chi connectivity index (χ4n) is 1.81. The average molecular weight is 292 g/mol. The lowest BCUT2D eigenvalue weighted by atomic mass is 10.2. The third kappa shape index (κ3) is 4.09. The van der Waals surface area contributed by atoms with E-state index in [1.165, 1.54) is 12.1 Å². The fraction of sp³-hybridized carbons (Fsp3) is 0.357. The zero-order chi connectivity index (χ0) is 15.4. The topological polar surface area (TPSA) is 94.0 Å². The first-order chi connectivity index (χ1) is 9.95. The largest absolute Gasteiger partial charge is 0.345 e. The van der Waals surface area contributed by atoms with Crippen LogP contribution in [0.5, 0.6) is 0 Å². The van der Waals surface area contributed by atoms with Crippen molar-refractivity contribution in [3.8, 4) is 11.4 Å². The molecule has 1 aromatic heterocycles. The van der Waals surface area contributed by atoms with Crippen molar-refractivity contribution in [2.75, 3.05) is 0 Å². The van der Waals surface area contributed by atoms with Gasteiger partial charge in [-0.3, -0.25) is 4.79 Å². The summed E-state index contributed by atoms with van der Waals surface area (Å²) in [4.78, 5) is 15.8. The highest BCUT2D eigenvalue weighted by molar-refractivity contribution is 5.76. The summed E-state index contributed by atoms with van der Waals surface area (Å²) in [6.07, 6.45) is 0.217. The summed E-state index contributed by atoms with van der Waals surface area (Å²) in [6, 6.07) is 5.23. The molecule has 2 aromatic rings. The summed E-state index contributed by atoms with van der Waals surface area (Å²) in [5, 5.41) is 6.50. The number of benzene rings is 1. The van der Waals surface area contributed by atoms with Gasteiger partial charge in [0.1, 0.15) is 11.9 Å². The Morgan fingerprint density at radius 2 is 2.24 bits per heavy atom. The van der Waals surface area contributed by atoms with Gasteiger partial charge < -0.3 is 15.6 Å². The molecule has 0 fully saturated rings. The Hall–Kier alpha value is -2.28. The lowest BCUT2D eigenvalue weighted by Crippen LogP contribution is -2.31. The van der Waals surface area contributed by atoms with Gasteiger partial charge in [0.05, 0.1) is 0 Å². The monoisotopic (exact) mass is 292 g/mol. The molecular formula is C14H17FN4O2. The third-order valence-electron chi connectivity index (χ3n) is 2.78. The number of nitrogens with one attached hydrogen (secondary N) is 1. The molecule has 1 aromatic carbocycles. The van der Waals surface area contributed by atoms with E-state index in [9.17, 15) is 9.18 Å². The van der Waals surface area contributed by atoms with Crippen LogP contribution in [-0.4, -0.2) is 22.1 Å². The van der Waals surface area contributed by atoms with Gasteiger partial charge in [0.2, 0.25) is 17.6 Å². The molecule has 0 aliphatic rings. The van der Waals surface area contributed by atoms with Crippen molar-refractivity contribution in [3.05, 3.63) is 36.0 Å². The van der Waals surface area contributed by atoms with Gasteiger partial charge in [-0.2, -0.15) is 4.98 Å². The van der Waals surface area contributed by atoms with Crippen molar-refractivity contribution in [1.29, 1.82) is 0 Å². The summed E-state index contributed by atoms with van der Waals surface area (Å²) in [5.74, 6) is -0.0368. The van der Waals surface area contributed by atoms with Gasteiger partial charge >= 0.3 is 0 Å². The molecule has 0 spiro atoms. The van der Waals surface area contributed by atoms with Crippen LogP contribution in [0.25, 0.3) is 11.4 Å². The molecule has 0 radical (unpaired) electrons. The molecule has 0 saturated carbocycles. The zero-order valence-electron chi connectivity index (χ0n) is 11.8. The second kappa shape index (κ2) is 6.45. The Morgan fingerprint density at radius 3 is 2.90 bits per heavy atom. The molecule has 1 amide bonds. The van der Waals surface area contributed by atoms with E-state index in [0.717, 1.165) is 0 Å². The first-order valence-corrected chi connectivity index (χ1v) is 6.60. The zero-order valence-corrected chi connectivity index (χ0v) is 11.8. The average Bonchev–Trinajstić information content (AvgIpc) is 2.87. The lowest BCUT2D eigenvalue weighted by molar-refractivity contribution is -0.122. The molecule has 2 rings (SSSR count). The first kappa shape index (κ1) is 15.1. The smallest absolute Gasteiger partial charge is 0.249 e. The Bertz CT molecular complexity index is 627. The number of halogens is 1. The summed E-state index contributed by atoms with van der Waals surface area (Å²) in [5.41, 5.74) is 6.07. The van der Waals surface area contributed by atoms with E-state index in [0.29, 0.717) is 5.56 Å². The van der Waals surface area contributed by atoms with Gasteiger partial charge in [-0.05, 0) is 26.0 Å². The van der Waals surface area contributed by atoms with Crippen molar-refractivity contribution < 1.29 is 13.7 Å². The van der Waals surface area contributed by atoms with Crippen molar-refractivity contribution in [3.63, 3.8) is 0 Å². The molecule has 6 nitrogen and oxygen atoms in total. The molecule has 0 saturated heterocycles. The number of hydrogen-bond donors (Lipinski definition) is 2. The first-order valence-electron chi connectivity index (χ1n) is 6.60. The van der Waals surface area contributed by atoms with Crippen LogP contribution in [0.4, 0.5) is 4.39 Å². The minimum Gasteiger partial charge on any atom is -0.345 e. The molecule has 3 N–H and O–H groups in total. The normalized spacial score (nSPS) is 13.7. The number of hydrogen-bond acceptors (Lipinski definition) is 5. The molecule has 2 atom stereocenters. The standard InChI is InChI=1S/C14H17FN4O2/c1-8(16)6-12(20)17-9(2)14-18-13(19-21-14)10-4-3-5-11(15)7-10/h3-5,7-9H,6,16H2,1-2H3,(H,17,20). The number of aromatic nitrogens is 2. The summed E-state index contributed by atoms with van der Waals surface area (Å²) in [7, 11) is 0. The quantitative estimate of drug-likeness (QED) is 0.876. The highest BCUT2D eigenvalue weighted by Gasteiger charge is 2.18. The number of nitrogens with two attached hydrogens (primary N) is 1. The van der Waals surface area contributed by atoms with Gasteiger partial charge in [0.25, 0.3) is 0 Å². The van der Waals surface area contributed by atoms with Crippen LogP contribution >= 0.6 is 0 Å². The second-order valence-corrected chi connectivity index (χ2v) is 4.94. The van der Waals surface area contributed by atoms with Crippen molar-refractivity contribution in [2.45, 2.75) is 32.4 Å².